The standard InChI is InChI=1S/C40H26N2/c1-2-12-31(13-3-1)41-37-16-8-6-14-33(37)35-24-25-36-34-15-7-9-17-38(34)42(40(36)39(35)41)32-22-20-28(21-23-32)30-19-18-27-10-4-5-11-29(27)26-30/h1-26H. The molecule has 0 bridgehead atoms. The van der Waals surface area contributed by atoms with Gasteiger partial charge in [-0.15, -0.1) is 0 Å². The van der Waals surface area contributed by atoms with Gasteiger partial charge in [0.05, 0.1) is 22.1 Å². The summed E-state index contributed by atoms with van der Waals surface area (Å²) in [5.41, 5.74) is 9.66. The summed E-state index contributed by atoms with van der Waals surface area (Å²) in [5, 5.41) is 7.58. The number of benzene rings is 7. The van der Waals surface area contributed by atoms with Crippen LogP contribution in [0.3, 0.4) is 0 Å². The third-order valence-corrected chi connectivity index (χ3v) is 8.69. The number of hydrogen-bond acceptors (Lipinski definition) is 0. The van der Waals surface area contributed by atoms with Gasteiger partial charge in [-0.1, -0.05) is 115 Å². The largest absolute Gasteiger partial charge is 0.307 e. The van der Waals surface area contributed by atoms with Crippen molar-refractivity contribution in [3.63, 3.8) is 0 Å². The fourth-order valence-electron chi connectivity index (χ4n) is 6.79. The highest BCUT2D eigenvalue weighted by Crippen LogP contribution is 2.41. The van der Waals surface area contributed by atoms with Crippen molar-refractivity contribution in [1.29, 1.82) is 0 Å². The van der Waals surface area contributed by atoms with Crippen LogP contribution < -0.4 is 0 Å². The molecule has 2 heterocycles. The van der Waals surface area contributed by atoms with Gasteiger partial charge in [-0.2, -0.15) is 0 Å². The third-order valence-electron chi connectivity index (χ3n) is 8.69. The number of rotatable bonds is 3. The summed E-state index contributed by atoms with van der Waals surface area (Å²) in [7, 11) is 0. The van der Waals surface area contributed by atoms with Gasteiger partial charge in [0.1, 0.15) is 0 Å². The van der Waals surface area contributed by atoms with Crippen molar-refractivity contribution < 1.29 is 0 Å². The Morgan fingerprint density at radius 2 is 0.810 bits per heavy atom. The average Bonchev–Trinajstić information content (AvgIpc) is 3.58. The van der Waals surface area contributed by atoms with Crippen molar-refractivity contribution in [2.75, 3.05) is 0 Å². The molecule has 0 saturated heterocycles. The van der Waals surface area contributed by atoms with E-state index in [1.807, 2.05) is 0 Å². The van der Waals surface area contributed by atoms with Crippen LogP contribution in [0.2, 0.25) is 0 Å². The van der Waals surface area contributed by atoms with Crippen molar-refractivity contribution in [2.45, 2.75) is 0 Å². The minimum absolute atomic E-state index is 1.16. The molecule has 2 nitrogen and oxygen atoms in total. The Morgan fingerprint density at radius 3 is 1.45 bits per heavy atom. The van der Waals surface area contributed by atoms with Gasteiger partial charge in [-0.05, 0) is 64.4 Å². The maximum atomic E-state index is 2.45. The minimum Gasteiger partial charge on any atom is -0.307 e. The van der Waals surface area contributed by atoms with E-state index >= 15 is 0 Å². The smallest absolute Gasteiger partial charge is 0.0788 e. The molecule has 7 aromatic carbocycles. The van der Waals surface area contributed by atoms with Crippen molar-refractivity contribution in [3.05, 3.63) is 158 Å². The SMILES string of the molecule is c1ccc(-n2c3ccccc3c3ccc4c5ccccc5n(-c5ccc(-c6ccc7ccccc7c6)cc5)c4c32)cc1. The van der Waals surface area contributed by atoms with E-state index in [0.717, 1.165) is 5.69 Å². The maximum absolute atomic E-state index is 2.45. The third kappa shape index (κ3) is 3.33. The van der Waals surface area contributed by atoms with Gasteiger partial charge in [-0.25, -0.2) is 0 Å². The average molecular weight is 535 g/mol. The molecule has 2 heteroatoms. The highest BCUT2D eigenvalue weighted by molar-refractivity contribution is 6.23. The van der Waals surface area contributed by atoms with Crippen LogP contribution in [0.4, 0.5) is 0 Å². The molecular formula is C40H26N2. The monoisotopic (exact) mass is 534 g/mol. The van der Waals surface area contributed by atoms with Crippen LogP contribution in [0.25, 0.3) is 76.9 Å². The molecule has 0 amide bonds. The molecule has 9 aromatic rings. The van der Waals surface area contributed by atoms with Crippen LogP contribution in [-0.4, -0.2) is 9.13 Å². The van der Waals surface area contributed by atoms with E-state index in [2.05, 4.69) is 167 Å². The van der Waals surface area contributed by atoms with Crippen LogP contribution in [0.5, 0.6) is 0 Å². The molecule has 0 spiro atoms. The first-order valence-electron chi connectivity index (χ1n) is 14.5. The Hall–Kier alpha value is -5.60. The summed E-state index contributed by atoms with van der Waals surface area (Å²) in [6, 6.07) is 57.2. The zero-order valence-corrected chi connectivity index (χ0v) is 22.9. The summed E-state index contributed by atoms with van der Waals surface area (Å²) < 4.78 is 4.89. The molecule has 0 N–H and O–H groups in total. The molecule has 196 valence electrons. The fourth-order valence-corrected chi connectivity index (χ4v) is 6.79. The lowest BCUT2D eigenvalue weighted by molar-refractivity contribution is 1.15. The Bertz CT molecular complexity index is 2440. The van der Waals surface area contributed by atoms with Crippen LogP contribution >= 0.6 is 0 Å². The topological polar surface area (TPSA) is 9.86 Å². The molecule has 0 aliphatic carbocycles. The summed E-state index contributed by atoms with van der Waals surface area (Å²) in [4.78, 5) is 0. The normalized spacial score (nSPS) is 11.8. The Kier molecular flexibility index (Phi) is 4.93. The number of hydrogen-bond donors (Lipinski definition) is 0. The molecule has 9 rings (SSSR count). The zero-order valence-electron chi connectivity index (χ0n) is 22.9. The summed E-state index contributed by atoms with van der Waals surface area (Å²) in [5.74, 6) is 0. The van der Waals surface area contributed by atoms with Crippen LogP contribution in [0.1, 0.15) is 0 Å². The lowest BCUT2D eigenvalue weighted by Crippen LogP contribution is -1.98. The molecule has 2 aromatic heterocycles. The Balaban J connectivity index is 1.35. The molecule has 0 atom stereocenters. The van der Waals surface area contributed by atoms with Gasteiger partial charge in [0.15, 0.2) is 0 Å². The zero-order chi connectivity index (χ0) is 27.6. The molecular weight excluding hydrogens is 508 g/mol. The number of fused-ring (bicyclic) bond motifs is 8. The van der Waals surface area contributed by atoms with Crippen LogP contribution in [-0.2, 0) is 0 Å². The predicted octanol–water partition coefficient (Wildman–Crippen LogP) is 10.7. The summed E-state index contributed by atoms with van der Waals surface area (Å²) >= 11 is 0. The van der Waals surface area contributed by atoms with Crippen LogP contribution in [0, 0.1) is 0 Å². The van der Waals surface area contributed by atoms with Crippen LogP contribution in [0.15, 0.2) is 158 Å². The minimum atomic E-state index is 1.16. The molecule has 0 fully saturated rings. The fraction of sp³-hybridized carbons (Fsp3) is 0. The van der Waals surface area contributed by atoms with E-state index in [1.165, 1.54) is 71.2 Å². The first-order chi connectivity index (χ1) is 20.8. The molecule has 0 aliphatic rings. The Labute approximate surface area is 243 Å². The highest BCUT2D eigenvalue weighted by atomic mass is 15.0. The van der Waals surface area contributed by atoms with E-state index in [-0.39, 0.29) is 0 Å². The van der Waals surface area contributed by atoms with E-state index in [9.17, 15) is 0 Å². The van der Waals surface area contributed by atoms with E-state index in [4.69, 9.17) is 0 Å². The number of aromatic nitrogens is 2. The predicted molar refractivity (Wildman–Crippen MR) is 178 cm³/mol. The molecule has 0 unspecified atom stereocenters. The summed E-state index contributed by atoms with van der Waals surface area (Å²) in [6.07, 6.45) is 0. The van der Waals surface area contributed by atoms with E-state index < -0.39 is 0 Å². The molecule has 0 aliphatic heterocycles. The highest BCUT2D eigenvalue weighted by Gasteiger charge is 2.20. The first-order valence-corrected chi connectivity index (χ1v) is 14.5. The van der Waals surface area contributed by atoms with Crippen molar-refractivity contribution in [1.82, 2.24) is 9.13 Å². The lowest BCUT2D eigenvalue weighted by Gasteiger charge is -2.13. The number of nitrogens with zero attached hydrogens (tertiary/aromatic N) is 2. The quantitative estimate of drug-likeness (QED) is 0.213. The molecule has 0 radical (unpaired) electrons. The summed E-state index contributed by atoms with van der Waals surface area (Å²) in [6.45, 7) is 0. The molecule has 42 heavy (non-hydrogen) atoms. The second-order valence-corrected chi connectivity index (χ2v) is 11.0. The molecule has 0 saturated carbocycles. The maximum Gasteiger partial charge on any atom is 0.0788 e. The van der Waals surface area contributed by atoms with E-state index in [1.54, 1.807) is 0 Å². The second kappa shape index (κ2) is 8.95. The lowest BCUT2D eigenvalue weighted by atomic mass is 10.0. The van der Waals surface area contributed by atoms with Gasteiger partial charge in [0, 0.05) is 32.9 Å². The van der Waals surface area contributed by atoms with Crippen molar-refractivity contribution in [2.24, 2.45) is 0 Å². The second-order valence-electron chi connectivity index (χ2n) is 11.0. The van der Waals surface area contributed by atoms with Gasteiger partial charge < -0.3 is 9.13 Å². The van der Waals surface area contributed by atoms with Gasteiger partial charge in [-0.3, -0.25) is 0 Å². The van der Waals surface area contributed by atoms with Crippen molar-refractivity contribution >= 4 is 54.4 Å². The Morgan fingerprint density at radius 1 is 0.310 bits per heavy atom. The van der Waals surface area contributed by atoms with Crippen molar-refractivity contribution in [3.8, 4) is 22.5 Å². The van der Waals surface area contributed by atoms with Gasteiger partial charge >= 0.3 is 0 Å². The van der Waals surface area contributed by atoms with Gasteiger partial charge in [0.25, 0.3) is 0 Å². The van der Waals surface area contributed by atoms with E-state index in [0.29, 0.717) is 0 Å². The number of para-hydroxylation sites is 3. The van der Waals surface area contributed by atoms with Gasteiger partial charge in [0.2, 0.25) is 0 Å². The first kappa shape index (κ1) is 23.1.